The molecular weight excluding hydrogens is 398 g/mol. The largest absolute Gasteiger partial charge is 0.350 e. The van der Waals surface area contributed by atoms with Gasteiger partial charge in [0.2, 0.25) is 5.91 Å². The third-order valence-electron chi connectivity index (χ3n) is 6.31. The van der Waals surface area contributed by atoms with Crippen LogP contribution in [-0.2, 0) is 17.8 Å². The average Bonchev–Trinajstić information content (AvgIpc) is 3.45. The maximum absolute atomic E-state index is 13.3. The van der Waals surface area contributed by atoms with Gasteiger partial charge in [0.25, 0.3) is 5.56 Å². The maximum atomic E-state index is 13.3. The molecular formula is C22H25N5O2S. The fourth-order valence-electron chi connectivity index (χ4n) is 4.94. The first-order valence-electron chi connectivity index (χ1n) is 10.4. The van der Waals surface area contributed by atoms with E-state index in [1.807, 2.05) is 41.4 Å². The summed E-state index contributed by atoms with van der Waals surface area (Å²) in [4.78, 5) is 28.5. The monoisotopic (exact) mass is 423 g/mol. The summed E-state index contributed by atoms with van der Waals surface area (Å²) >= 11 is 1.62. The number of pyridine rings is 1. The highest BCUT2D eigenvalue weighted by Gasteiger charge is 2.43. The van der Waals surface area contributed by atoms with Crippen LogP contribution in [0.2, 0.25) is 0 Å². The predicted molar refractivity (Wildman–Crippen MR) is 115 cm³/mol. The molecule has 0 unspecified atom stereocenters. The van der Waals surface area contributed by atoms with Crippen LogP contribution in [-0.4, -0.2) is 45.2 Å². The molecule has 7 nitrogen and oxygen atoms in total. The zero-order chi connectivity index (χ0) is 20.5. The van der Waals surface area contributed by atoms with E-state index in [2.05, 4.69) is 20.4 Å². The van der Waals surface area contributed by atoms with Crippen LogP contribution in [0.4, 0.5) is 0 Å². The molecule has 0 aromatic carbocycles. The molecule has 3 aromatic rings. The van der Waals surface area contributed by atoms with Gasteiger partial charge < -0.3 is 10.2 Å². The van der Waals surface area contributed by atoms with E-state index in [1.54, 1.807) is 22.0 Å². The summed E-state index contributed by atoms with van der Waals surface area (Å²) in [6.45, 7) is 3.16. The number of rotatable bonds is 6. The van der Waals surface area contributed by atoms with Crippen molar-refractivity contribution in [3.05, 3.63) is 74.6 Å². The van der Waals surface area contributed by atoms with Crippen molar-refractivity contribution in [1.29, 1.82) is 0 Å². The van der Waals surface area contributed by atoms with Crippen molar-refractivity contribution >= 4 is 17.2 Å². The lowest BCUT2D eigenvalue weighted by Crippen LogP contribution is -2.53. The molecule has 2 N–H and O–H groups in total. The molecule has 3 aromatic heterocycles. The molecule has 30 heavy (non-hydrogen) atoms. The van der Waals surface area contributed by atoms with E-state index in [1.165, 1.54) is 5.56 Å². The number of fused-ring (bicyclic) bond motifs is 4. The van der Waals surface area contributed by atoms with Crippen molar-refractivity contribution in [3.8, 4) is 0 Å². The van der Waals surface area contributed by atoms with E-state index >= 15 is 0 Å². The number of carbonyl (C=O) groups excluding carboxylic acids is 1. The Balaban J connectivity index is 1.38. The van der Waals surface area contributed by atoms with Gasteiger partial charge in [-0.25, -0.2) is 0 Å². The number of thiophene rings is 1. The highest BCUT2D eigenvalue weighted by molar-refractivity contribution is 7.07. The number of carbonyl (C=O) groups is 1. The molecule has 5 rings (SSSR count). The van der Waals surface area contributed by atoms with Crippen molar-refractivity contribution in [2.24, 2.45) is 5.92 Å². The molecule has 5 heterocycles. The third-order valence-corrected chi connectivity index (χ3v) is 7.04. The topological polar surface area (TPSA) is 83.0 Å². The van der Waals surface area contributed by atoms with Crippen LogP contribution in [0.1, 0.15) is 35.2 Å². The number of amides is 1. The van der Waals surface area contributed by atoms with Gasteiger partial charge in [-0.05, 0) is 46.9 Å². The minimum Gasteiger partial charge on any atom is -0.350 e. The van der Waals surface area contributed by atoms with Gasteiger partial charge in [-0.2, -0.15) is 16.4 Å². The minimum absolute atomic E-state index is 0.0594. The summed E-state index contributed by atoms with van der Waals surface area (Å²) in [6.07, 6.45) is 5.66. The third kappa shape index (κ3) is 3.73. The smallest absolute Gasteiger partial charge is 0.251 e. The van der Waals surface area contributed by atoms with Crippen molar-refractivity contribution in [3.63, 3.8) is 0 Å². The molecule has 1 saturated heterocycles. The van der Waals surface area contributed by atoms with Crippen LogP contribution >= 0.6 is 11.3 Å². The van der Waals surface area contributed by atoms with Gasteiger partial charge in [-0.1, -0.05) is 6.07 Å². The molecule has 0 radical (unpaired) electrons. The fourth-order valence-corrected chi connectivity index (χ4v) is 5.60. The summed E-state index contributed by atoms with van der Waals surface area (Å²) in [5.41, 5.74) is 3.19. The molecule has 1 fully saturated rings. The van der Waals surface area contributed by atoms with Crippen molar-refractivity contribution < 1.29 is 4.79 Å². The van der Waals surface area contributed by atoms with E-state index in [0.717, 1.165) is 43.7 Å². The molecule has 2 aliphatic rings. The quantitative estimate of drug-likeness (QED) is 0.636. The molecule has 156 valence electrons. The lowest BCUT2D eigenvalue weighted by Gasteiger charge is -2.46. The molecule has 2 bridgehead atoms. The lowest BCUT2D eigenvalue weighted by molar-refractivity contribution is -0.127. The molecule has 0 saturated carbocycles. The first-order valence-corrected chi connectivity index (χ1v) is 11.3. The summed E-state index contributed by atoms with van der Waals surface area (Å²) in [5.74, 6) is 0.349. The maximum Gasteiger partial charge on any atom is 0.251 e. The molecule has 0 spiro atoms. The summed E-state index contributed by atoms with van der Waals surface area (Å²) < 4.78 is 1.76. The number of nitrogens with zero attached hydrogens (tertiary/aromatic N) is 3. The first-order chi connectivity index (χ1) is 14.7. The number of nitrogens with one attached hydrogen (secondary N) is 2. The van der Waals surface area contributed by atoms with E-state index in [4.69, 9.17) is 0 Å². The van der Waals surface area contributed by atoms with Gasteiger partial charge in [0, 0.05) is 56.0 Å². The van der Waals surface area contributed by atoms with Gasteiger partial charge in [-0.15, -0.1) is 0 Å². The SMILES string of the molecule is O=C(NCc1ccsc1)[C@H]1[C@@H]2C[C@@H](CN(CCc3cn[nH]c3)C2)c2cccc(=O)n21. The average molecular weight is 424 g/mol. The number of piperidine rings is 1. The number of aromatic amines is 1. The van der Waals surface area contributed by atoms with Gasteiger partial charge in [0.15, 0.2) is 0 Å². The lowest BCUT2D eigenvalue weighted by atomic mass is 9.78. The summed E-state index contributed by atoms with van der Waals surface area (Å²) in [7, 11) is 0. The van der Waals surface area contributed by atoms with Gasteiger partial charge in [0.1, 0.15) is 6.04 Å². The molecule has 2 aliphatic heterocycles. The Labute approximate surface area is 178 Å². The highest BCUT2D eigenvalue weighted by atomic mass is 32.1. The Hall–Kier alpha value is -2.71. The minimum atomic E-state index is -0.458. The van der Waals surface area contributed by atoms with Crippen LogP contribution in [0, 0.1) is 5.92 Å². The number of aromatic nitrogens is 3. The van der Waals surface area contributed by atoms with Gasteiger partial charge in [0.05, 0.1) is 6.20 Å². The second-order valence-electron chi connectivity index (χ2n) is 8.26. The number of H-pyrrole nitrogens is 1. The van der Waals surface area contributed by atoms with E-state index in [-0.39, 0.29) is 23.3 Å². The highest BCUT2D eigenvalue weighted by Crippen LogP contribution is 2.41. The van der Waals surface area contributed by atoms with Crippen molar-refractivity contribution in [2.45, 2.75) is 31.3 Å². The predicted octanol–water partition coefficient (Wildman–Crippen LogP) is 2.15. The van der Waals surface area contributed by atoms with E-state index in [0.29, 0.717) is 6.54 Å². The van der Waals surface area contributed by atoms with Crippen LogP contribution in [0.3, 0.4) is 0 Å². The second kappa shape index (κ2) is 8.20. The van der Waals surface area contributed by atoms with Crippen LogP contribution in [0.15, 0.2) is 52.2 Å². The van der Waals surface area contributed by atoms with E-state index < -0.39 is 6.04 Å². The normalized spacial score (nSPS) is 23.1. The summed E-state index contributed by atoms with van der Waals surface area (Å²) in [6, 6.07) is 6.96. The van der Waals surface area contributed by atoms with Gasteiger partial charge in [-0.3, -0.25) is 19.3 Å². The first kappa shape index (κ1) is 19.3. The van der Waals surface area contributed by atoms with Gasteiger partial charge >= 0.3 is 0 Å². The summed E-state index contributed by atoms with van der Waals surface area (Å²) in [5, 5.41) is 14.0. The molecule has 8 heteroatoms. The van der Waals surface area contributed by atoms with Crippen molar-refractivity contribution in [1.82, 2.24) is 25.0 Å². The van der Waals surface area contributed by atoms with Crippen molar-refractivity contribution in [2.75, 3.05) is 19.6 Å². The molecule has 0 aliphatic carbocycles. The Bertz CT molecular complexity index is 1060. The van der Waals surface area contributed by atoms with Crippen LogP contribution < -0.4 is 10.9 Å². The molecule has 1 amide bonds. The number of hydrogen-bond acceptors (Lipinski definition) is 5. The number of likely N-dealkylation sites (tertiary alicyclic amines) is 1. The fraction of sp³-hybridized carbons (Fsp3) is 0.409. The number of hydrogen-bond donors (Lipinski definition) is 2. The Morgan fingerprint density at radius 1 is 1.27 bits per heavy atom. The standard InChI is InChI=1S/C22H25N5O2S/c28-20-3-1-2-19-17-8-18(13-26(12-17)6-4-15-10-24-25-11-15)21(27(19)20)22(29)23-9-16-5-7-30-14-16/h1-3,5,7,10-11,14,17-18,21H,4,6,8-9,12-13H2,(H,23,29)(H,24,25)/t17-,18+,21+/m0/s1. The zero-order valence-electron chi connectivity index (χ0n) is 16.7. The molecule has 3 atom stereocenters. The van der Waals surface area contributed by atoms with Crippen LogP contribution in [0.5, 0.6) is 0 Å². The van der Waals surface area contributed by atoms with E-state index in [9.17, 15) is 9.59 Å². The Morgan fingerprint density at radius 2 is 2.20 bits per heavy atom. The van der Waals surface area contributed by atoms with Crippen LogP contribution in [0.25, 0.3) is 0 Å². The Morgan fingerprint density at radius 3 is 3.00 bits per heavy atom. The second-order valence-corrected chi connectivity index (χ2v) is 9.04. The Kier molecular flexibility index (Phi) is 5.26. The zero-order valence-corrected chi connectivity index (χ0v) is 17.5.